The minimum atomic E-state index is -1.06. The van der Waals surface area contributed by atoms with E-state index in [1.54, 1.807) is 29.4 Å². The van der Waals surface area contributed by atoms with Crippen LogP contribution in [0.25, 0.3) is 11.3 Å². The number of hydrogen-bond acceptors (Lipinski definition) is 7. The van der Waals surface area contributed by atoms with E-state index in [0.717, 1.165) is 19.3 Å². The van der Waals surface area contributed by atoms with E-state index in [9.17, 15) is 9.50 Å². The van der Waals surface area contributed by atoms with Gasteiger partial charge in [0, 0.05) is 54.4 Å². The summed E-state index contributed by atoms with van der Waals surface area (Å²) < 4.78 is 20.5. The fraction of sp³-hybridized carbons (Fsp3) is 0.364. The second-order valence-corrected chi connectivity index (χ2v) is 7.61. The van der Waals surface area contributed by atoms with Gasteiger partial charge in [-0.1, -0.05) is 13.0 Å². The molecule has 2 aliphatic heterocycles. The lowest BCUT2D eigenvalue weighted by Crippen LogP contribution is -2.59. The Balaban J connectivity index is 1.48. The first-order valence-electron chi connectivity index (χ1n) is 10.1. The molecule has 2 saturated heterocycles. The zero-order valence-corrected chi connectivity index (χ0v) is 16.6. The number of halogens is 1. The van der Waals surface area contributed by atoms with E-state index in [1.807, 2.05) is 6.07 Å². The third kappa shape index (κ3) is 4.09. The molecule has 4 N–H and O–H groups in total. The molecule has 0 aliphatic carbocycles. The molecule has 2 aliphatic rings. The molecule has 4 rings (SSSR count). The first-order valence-corrected chi connectivity index (χ1v) is 10.1. The smallest absolute Gasteiger partial charge is 0.232 e. The SMILES string of the molecule is C=CN(/C=C\N)c1ccc(-c2cnc(O[C@H]3CC4CCCC(N4)[C@H]3F)cn2)c(O)c1. The molecule has 7 nitrogen and oxygen atoms in total. The van der Waals surface area contributed by atoms with Crippen molar-refractivity contribution in [2.24, 2.45) is 5.73 Å². The van der Waals surface area contributed by atoms with Crippen molar-refractivity contribution in [3.63, 3.8) is 0 Å². The zero-order chi connectivity index (χ0) is 21.1. The van der Waals surface area contributed by atoms with Gasteiger partial charge < -0.3 is 25.8 Å². The van der Waals surface area contributed by atoms with Crippen LogP contribution in [0.4, 0.5) is 10.1 Å². The molecule has 4 atom stereocenters. The van der Waals surface area contributed by atoms with Gasteiger partial charge in [-0.15, -0.1) is 0 Å². The van der Waals surface area contributed by atoms with Crippen LogP contribution in [-0.4, -0.2) is 39.4 Å². The average molecular weight is 411 g/mol. The number of ether oxygens (including phenoxy) is 1. The van der Waals surface area contributed by atoms with Crippen molar-refractivity contribution < 1.29 is 14.2 Å². The number of fused-ring (bicyclic) bond motifs is 2. The summed E-state index contributed by atoms with van der Waals surface area (Å²) in [6.45, 7) is 3.72. The number of phenolic OH excluding ortho intramolecular Hbond substituents is 1. The van der Waals surface area contributed by atoms with E-state index in [-0.39, 0.29) is 17.7 Å². The van der Waals surface area contributed by atoms with Gasteiger partial charge in [-0.2, -0.15) is 0 Å². The molecule has 1 aromatic heterocycles. The predicted octanol–water partition coefficient (Wildman–Crippen LogP) is 3.23. The summed E-state index contributed by atoms with van der Waals surface area (Å²) >= 11 is 0. The molecule has 158 valence electrons. The number of hydrogen-bond donors (Lipinski definition) is 3. The van der Waals surface area contributed by atoms with Crippen molar-refractivity contribution in [3.05, 3.63) is 55.8 Å². The molecule has 0 spiro atoms. The maximum Gasteiger partial charge on any atom is 0.232 e. The number of phenols is 1. The highest BCUT2D eigenvalue weighted by Gasteiger charge is 2.41. The third-order valence-electron chi connectivity index (χ3n) is 5.67. The van der Waals surface area contributed by atoms with Gasteiger partial charge in [-0.05, 0) is 25.0 Å². The van der Waals surface area contributed by atoms with E-state index in [1.165, 1.54) is 18.6 Å². The predicted molar refractivity (Wildman–Crippen MR) is 114 cm³/mol. The molecular weight excluding hydrogens is 385 g/mol. The van der Waals surface area contributed by atoms with Crippen LogP contribution >= 0.6 is 0 Å². The Kier molecular flexibility index (Phi) is 5.85. The van der Waals surface area contributed by atoms with E-state index < -0.39 is 12.3 Å². The summed E-state index contributed by atoms with van der Waals surface area (Å²) in [5.74, 6) is 0.330. The summed E-state index contributed by atoms with van der Waals surface area (Å²) in [5, 5.41) is 13.8. The molecule has 0 saturated carbocycles. The van der Waals surface area contributed by atoms with Gasteiger partial charge in [0.05, 0.1) is 18.1 Å². The second kappa shape index (κ2) is 8.71. The van der Waals surface area contributed by atoms with Crippen LogP contribution in [0, 0.1) is 0 Å². The van der Waals surface area contributed by atoms with E-state index in [0.29, 0.717) is 29.4 Å². The Morgan fingerprint density at radius 3 is 2.87 bits per heavy atom. The van der Waals surface area contributed by atoms with E-state index in [2.05, 4.69) is 21.9 Å². The lowest BCUT2D eigenvalue weighted by molar-refractivity contribution is 0.00679. The first kappa shape index (κ1) is 20.2. The third-order valence-corrected chi connectivity index (χ3v) is 5.67. The number of nitrogens with one attached hydrogen (secondary N) is 1. The van der Waals surface area contributed by atoms with Crippen molar-refractivity contribution in [1.29, 1.82) is 0 Å². The number of aromatic nitrogens is 2. The molecule has 3 heterocycles. The topological polar surface area (TPSA) is 96.5 Å². The number of alkyl halides is 1. The van der Waals surface area contributed by atoms with Gasteiger partial charge in [0.15, 0.2) is 6.17 Å². The highest BCUT2D eigenvalue weighted by Crippen LogP contribution is 2.33. The Bertz CT molecular complexity index is 920. The molecule has 2 fully saturated rings. The molecular formula is C22H26FN5O2. The maximum absolute atomic E-state index is 14.7. The number of anilines is 1. The summed E-state index contributed by atoms with van der Waals surface area (Å²) in [5.41, 5.74) is 7.14. The van der Waals surface area contributed by atoms with Crippen molar-refractivity contribution in [2.75, 3.05) is 4.90 Å². The monoisotopic (exact) mass is 411 g/mol. The minimum absolute atomic E-state index is 0.0442. The lowest BCUT2D eigenvalue weighted by Gasteiger charge is -2.42. The number of benzene rings is 1. The van der Waals surface area contributed by atoms with Crippen molar-refractivity contribution in [3.8, 4) is 22.9 Å². The number of rotatable bonds is 6. The molecule has 1 aromatic carbocycles. The Hall–Kier alpha value is -3.13. The Morgan fingerprint density at radius 1 is 1.30 bits per heavy atom. The number of nitrogens with two attached hydrogens (primary N) is 1. The van der Waals surface area contributed by atoms with Crippen LogP contribution in [0.15, 0.2) is 55.8 Å². The van der Waals surface area contributed by atoms with Crippen LogP contribution in [0.1, 0.15) is 25.7 Å². The number of nitrogens with zero attached hydrogens (tertiary/aromatic N) is 3. The molecule has 0 amide bonds. The van der Waals surface area contributed by atoms with Gasteiger partial charge in [-0.25, -0.2) is 14.4 Å². The number of piperidine rings is 2. The van der Waals surface area contributed by atoms with Gasteiger partial charge in [0.25, 0.3) is 0 Å². The first-order chi connectivity index (χ1) is 14.6. The Labute approximate surface area is 175 Å². The van der Waals surface area contributed by atoms with Crippen molar-refractivity contribution in [2.45, 2.75) is 50.0 Å². The van der Waals surface area contributed by atoms with Crippen molar-refractivity contribution >= 4 is 5.69 Å². The van der Waals surface area contributed by atoms with Crippen LogP contribution in [-0.2, 0) is 0 Å². The summed E-state index contributed by atoms with van der Waals surface area (Å²) in [4.78, 5) is 10.3. The van der Waals surface area contributed by atoms with Gasteiger partial charge >= 0.3 is 0 Å². The summed E-state index contributed by atoms with van der Waals surface area (Å²) in [6, 6.07) is 5.29. The normalized spacial score (nSPS) is 25.8. The summed E-state index contributed by atoms with van der Waals surface area (Å²) in [7, 11) is 0. The molecule has 0 radical (unpaired) electrons. The molecule has 2 bridgehead atoms. The largest absolute Gasteiger partial charge is 0.507 e. The minimum Gasteiger partial charge on any atom is -0.507 e. The molecule has 2 unspecified atom stereocenters. The lowest BCUT2D eigenvalue weighted by atomic mass is 9.84. The average Bonchev–Trinajstić information content (AvgIpc) is 2.76. The Morgan fingerprint density at radius 2 is 2.17 bits per heavy atom. The van der Waals surface area contributed by atoms with Crippen molar-refractivity contribution in [1.82, 2.24) is 15.3 Å². The fourth-order valence-corrected chi connectivity index (χ4v) is 4.19. The van der Waals surface area contributed by atoms with Crippen LogP contribution in [0.2, 0.25) is 0 Å². The van der Waals surface area contributed by atoms with Crippen LogP contribution < -0.4 is 20.7 Å². The highest BCUT2D eigenvalue weighted by atomic mass is 19.1. The molecule has 30 heavy (non-hydrogen) atoms. The van der Waals surface area contributed by atoms with E-state index >= 15 is 0 Å². The molecule has 8 heteroatoms. The van der Waals surface area contributed by atoms with Gasteiger partial charge in [0.2, 0.25) is 5.88 Å². The van der Waals surface area contributed by atoms with Crippen LogP contribution in [0.3, 0.4) is 0 Å². The molecule has 2 aromatic rings. The van der Waals surface area contributed by atoms with E-state index in [4.69, 9.17) is 10.5 Å². The fourth-order valence-electron chi connectivity index (χ4n) is 4.19. The maximum atomic E-state index is 14.7. The van der Waals surface area contributed by atoms with Gasteiger partial charge in [-0.3, -0.25) is 0 Å². The zero-order valence-electron chi connectivity index (χ0n) is 16.6. The summed E-state index contributed by atoms with van der Waals surface area (Å²) in [6.07, 6.45) is 9.57. The quantitative estimate of drug-likeness (QED) is 0.671. The van der Waals surface area contributed by atoms with Gasteiger partial charge in [0.1, 0.15) is 11.9 Å². The highest BCUT2D eigenvalue weighted by molar-refractivity contribution is 5.71. The standard InChI is InChI=1S/C22H26FN5O2/c1-2-28(9-8-24)15-6-7-16(19(29)11-15)18-12-26-21(13-25-18)30-20-10-14-4-3-5-17(27-14)22(20)23/h2,6-9,11-14,17,20,22,27,29H,1,3-5,10,24H2/b9-8-/t14?,17?,20-,22+/m0/s1. The second-order valence-electron chi connectivity index (χ2n) is 7.61. The van der Waals surface area contributed by atoms with Crippen LogP contribution in [0.5, 0.6) is 11.6 Å². The number of aromatic hydroxyl groups is 1.